The van der Waals surface area contributed by atoms with E-state index < -0.39 is 16.8 Å². The standard InChI is InChI=1S/C24H18ClN3O6/c1-33-21-10-2-16(3-11-21)4-13-23(29)34-22-12-7-19(25)14-18(22)15-26-27-24(30)17-5-8-20(9-6-17)28(31)32/h2-15H,1H3,(H,27,30)/b13-4+,26-15+. The number of hydrogen-bond acceptors (Lipinski definition) is 7. The van der Waals surface area contributed by atoms with Crippen LogP contribution in [0.4, 0.5) is 5.69 Å². The molecule has 0 aliphatic heterocycles. The van der Waals surface area contributed by atoms with Crippen LogP contribution in [0, 0.1) is 10.1 Å². The molecule has 0 saturated carbocycles. The molecule has 1 N–H and O–H groups in total. The fraction of sp³-hybridized carbons (Fsp3) is 0.0417. The number of benzene rings is 3. The highest BCUT2D eigenvalue weighted by molar-refractivity contribution is 6.31. The minimum Gasteiger partial charge on any atom is -0.497 e. The topological polar surface area (TPSA) is 120 Å². The second-order valence-electron chi connectivity index (χ2n) is 6.71. The van der Waals surface area contributed by atoms with Crippen molar-refractivity contribution in [3.05, 3.63) is 105 Å². The van der Waals surface area contributed by atoms with Crippen LogP contribution in [0.25, 0.3) is 6.08 Å². The summed E-state index contributed by atoms with van der Waals surface area (Å²) < 4.78 is 10.5. The lowest BCUT2D eigenvalue weighted by molar-refractivity contribution is -0.384. The molecule has 0 fully saturated rings. The fourth-order valence-electron chi connectivity index (χ4n) is 2.69. The summed E-state index contributed by atoms with van der Waals surface area (Å²) in [4.78, 5) is 34.6. The number of hydrogen-bond donors (Lipinski definition) is 1. The smallest absolute Gasteiger partial charge is 0.336 e. The van der Waals surface area contributed by atoms with Crippen LogP contribution in [0.5, 0.6) is 11.5 Å². The highest BCUT2D eigenvalue weighted by atomic mass is 35.5. The number of hydrazone groups is 1. The molecule has 0 saturated heterocycles. The number of rotatable bonds is 8. The van der Waals surface area contributed by atoms with Crippen LogP contribution in [0.3, 0.4) is 0 Å². The molecule has 0 atom stereocenters. The van der Waals surface area contributed by atoms with Crippen molar-refractivity contribution in [2.45, 2.75) is 0 Å². The van der Waals surface area contributed by atoms with Crippen LogP contribution >= 0.6 is 11.6 Å². The zero-order valence-corrected chi connectivity index (χ0v) is 18.6. The highest BCUT2D eigenvalue weighted by Gasteiger charge is 2.10. The average molecular weight is 480 g/mol. The third-order valence-electron chi connectivity index (χ3n) is 4.42. The monoisotopic (exact) mass is 479 g/mol. The Morgan fingerprint density at radius 1 is 1.06 bits per heavy atom. The van der Waals surface area contributed by atoms with Gasteiger partial charge in [-0.15, -0.1) is 0 Å². The van der Waals surface area contributed by atoms with E-state index in [4.69, 9.17) is 21.1 Å². The van der Waals surface area contributed by atoms with Gasteiger partial charge in [0.1, 0.15) is 11.5 Å². The van der Waals surface area contributed by atoms with Crippen LogP contribution in [0.2, 0.25) is 5.02 Å². The van der Waals surface area contributed by atoms with E-state index in [1.165, 1.54) is 48.7 Å². The van der Waals surface area contributed by atoms with Crippen LogP contribution in [-0.4, -0.2) is 30.1 Å². The molecular weight excluding hydrogens is 462 g/mol. The maximum Gasteiger partial charge on any atom is 0.336 e. The molecule has 0 unspecified atom stereocenters. The molecule has 0 aliphatic rings. The number of nitro groups is 1. The van der Waals surface area contributed by atoms with Gasteiger partial charge < -0.3 is 9.47 Å². The van der Waals surface area contributed by atoms with Crippen LogP contribution in [-0.2, 0) is 4.79 Å². The summed E-state index contributed by atoms with van der Waals surface area (Å²) in [6.45, 7) is 0. The van der Waals surface area contributed by atoms with Crippen molar-refractivity contribution < 1.29 is 24.0 Å². The van der Waals surface area contributed by atoms with Gasteiger partial charge in [0.15, 0.2) is 0 Å². The molecule has 0 aliphatic carbocycles. The lowest BCUT2D eigenvalue weighted by atomic mass is 10.2. The SMILES string of the molecule is COc1ccc(/C=C/C(=O)Oc2ccc(Cl)cc2/C=N/NC(=O)c2ccc([N+](=O)[O-])cc2)cc1. The molecule has 1 amide bonds. The number of esters is 1. The van der Waals surface area contributed by atoms with E-state index in [0.29, 0.717) is 16.3 Å². The molecule has 0 spiro atoms. The van der Waals surface area contributed by atoms with E-state index >= 15 is 0 Å². The second kappa shape index (κ2) is 11.4. The Morgan fingerprint density at radius 3 is 2.41 bits per heavy atom. The number of carbonyl (C=O) groups is 2. The maximum absolute atomic E-state index is 12.3. The summed E-state index contributed by atoms with van der Waals surface area (Å²) in [6.07, 6.45) is 4.13. The van der Waals surface area contributed by atoms with Gasteiger partial charge in [-0.05, 0) is 54.1 Å². The van der Waals surface area contributed by atoms with E-state index in [9.17, 15) is 19.7 Å². The molecular formula is C24H18ClN3O6. The zero-order valence-electron chi connectivity index (χ0n) is 17.8. The van der Waals surface area contributed by atoms with Gasteiger partial charge in [-0.2, -0.15) is 5.10 Å². The van der Waals surface area contributed by atoms with Crippen LogP contribution in [0.1, 0.15) is 21.5 Å². The van der Waals surface area contributed by atoms with Crippen LogP contribution in [0.15, 0.2) is 77.9 Å². The zero-order chi connectivity index (χ0) is 24.5. The van der Waals surface area contributed by atoms with Gasteiger partial charge >= 0.3 is 5.97 Å². The number of methoxy groups -OCH3 is 1. The average Bonchev–Trinajstić information content (AvgIpc) is 2.84. The third kappa shape index (κ3) is 6.75. The molecule has 3 aromatic rings. The Kier molecular flexibility index (Phi) is 8.09. The van der Waals surface area contributed by atoms with Crippen molar-refractivity contribution in [1.29, 1.82) is 0 Å². The molecule has 3 rings (SSSR count). The first-order valence-corrected chi connectivity index (χ1v) is 10.1. The first-order valence-electron chi connectivity index (χ1n) is 9.77. The summed E-state index contributed by atoms with van der Waals surface area (Å²) in [5.74, 6) is -0.315. The number of nitro benzene ring substituents is 1. The number of nitrogens with zero attached hydrogens (tertiary/aromatic N) is 2. The van der Waals surface area contributed by atoms with Gasteiger partial charge in [0.2, 0.25) is 0 Å². The summed E-state index contributed by atoms with van der Waals surface area (Å²) in [5.41, 5.74) is 3.49. The first-order chi connectivity index (χ1) is 16.4. The number of non-ortho nitro benzene ring substituents is 1. The van der Waals surface area contributed by atoms with Crippen LogP contribution < -0.4 is 14.9 Å². The largest absolute Gasteiger partial charge is 0.497 e. The first kappa shape index (κ1) is 24.1. The number of halogens is 1. The number of carbonyl (C=O) groups excluding carboxylic acids is 2. The molecule has 9 nitrogen and oxygen atoms in total. The molecule has 34 heavy (non-hydrogen) atoms. The minimum absolute atomic E-state index is 0.133. The predicted molar refractivity (Wildman–Crippen MR) is 127 cm³/mol. The summed E-state index contributed by atoms with van der Waals surface area (Å²) in [7, 11) is 1.57. The molecule has 3 aromatic carbocycles. The molecule has 0 bridgehead atoms. The van der Waals surface area contributed by atoms with E-state index in [1.807, 2.05) is 0 Å². The molecule has 10 heteroatoms. The van der Waals surface area contributed by atoms with E-state index in [0.717, 1.165) is 5.56 Å². The minimum atomic E-state index is -0.622. The van der Waals surface area contributed by atoms with Gasteiger partial charge in [0.05, 0.1) is 18.2 Å². The predicted octanol–water partition coefficient (Wildman–Crippen LogP) is 4.64. The summed E-state index contributed by atoms with van der Waals surface area (Å²) >= 11 is 6.03. The number of ether oxygens (including phenoxy) is 2. The summed E-state index contributed by atoms with van der Waals surface area (Å²) in [6, 6.07) is 16.7. The molecule has 0 aromatic heterocycles. The van der Waals surface area contributed by atoms with Crippen molar-refractivity contribution in [1.82, 2.24) is 5.43 Å². The Morgan fingerprint density at radius 2 is 1.76 bits per heavy atom. The maximum atomic E-state index is 12.3. The van der Waals surface area contributed by atoms with Gasteiger partial charge in [0, 0.05) is 34.4 Å². The normalized spacial score (nSPS) is 10.9. The fourth-order valence-corrected chi connectivity index (χ4v) is 2.87. The van der Waals surface area contributed by atoms with E-state index in [-0.39, 0.29) is 17.0 Å². The van der Waals surface area contributed by atoms with Crippen molar-refractivity contribution in [3.63, 3.8) is 0 Å². The second-order valence-corrected chi connectivity index (χ2v) is 7.15. The number of amides is 1. The van der Waals surface area contributed by atoms with Crippen molar-refractivity contribution >= 4 is 41.5 Å². The third-order valence-corrected chi connectivity index (χ3v) is 4.66. The van der Waals surface area contributed by atoms with Gasteiger partial charge in [-0.1, -0.05) is 23.7 Å². The van der Waals surface area contributed by atoms with Gasteiger partial charge in [-0.25, -0.2) is 10.2 Å². The lowest BCUT2D eigenvalue weighted by Crippen LogP contribution is -2.17. The molecule has 0 radical (unpaired) electrons. The molecule has 0 heterocycles. The van der Waals surface area contributed by atoms with Gasteiger partial charge in [-0.3, -0.25) is 14.9 Å². The van der Waals surface area contributed by atoms with E-state index in [1.54, 1.807) is 43.5 Å². The van der Waals surface area contributed by atoms with Crippen molar-refractivity contribution in [2.75, 3.05) is 7.11 Å². The van der Waals surface area contributed by atoms with Crippen molar-refractivity contribution in [2.24, 2.45) is 5.10 Å². The summed E-state index contributed by atoms with van der Waals surface area (Å²) in [5, 5.41) is 14.9. The Bertz CT molecular complexity index is 1250. The van der Waals surface area contributed by atoms with E-state index in [2.05, 4.69) is 10.5 Å². The lowest BCUT2D eigenvalue weighted by Gasteiger charge is -2.06. The van der Waals surface area contributed by atoms with Gasteiger partial charge in [0.25, 0.3) is 11.6 Å². The Balaban J connectivity index is 1.65. The highest BCUT2D eigenvalue weighted by Crippen LogP contribution is 2.22. The quantitative estimate of drug-likeness (QED) is 0.125. The van der Waals surface area contributed by atoms with Crippen molar-refractivity contribution in [3.8, 4) is 11.5 Å². The number of nitrogens with one attached hydrogen (secondary N) is 1. The Labute approximate surface area is 199 Å². The molecule has 172 valence electrons. The Hall–Kier alpha value is -4.50.